The monoisotopic (exact) mass is 527 g/mol. The first-order chi connectivity index (χ1) is 14.3. The van der Waals surface area contributed by atoms with Gasteiger partial charge in [-0.1, -0.05) is 54.6 Å². The van der Waals surface area contributed by atoms with Crippen LogP contribution < -0.4 is 10.6 Å². The summed E-state index contributed by atoms with van der Waals surface area (Å²) in [4.78, 5) is 4.25. The molecule has 0 aliphatic heterocycles. The van der Waals surface area contributed by atoms with Crippen LogP contribution in [-0.2, 0) is 34.0 Å². The molecular weight excluding hydrogens is 493 g/mol. The van der Waals surface area contributed by atoms with E-state index in [1.165, 1.54) is 16.7 Å². The molecule has 0 bridgehead atoms. The number of methoxy groups -OCH3 is 1. The molecule has 0 unspecified atom stereocenters. The molecule has 2 aromatic carbocycles. The minimum absolute atomic E-state index is 0. The Morgan fingerprint density at radius 1 is 0.800 bits per heavy atom. The summed E-state index contributed by atoms with van der Waals surface area (Å²) in [6.07, 6.45) is 0.919. The molecule has 0 radical (unpaired) electrons. The molecule has 0 aliphatic carbocycles. The van der Waals surface area contributed by atoms with E-state index in [1.54, 1.807) is 14.2 Å². The molecule has 0 fully saturated rings. The third-order valence-corrected chi connectivity index (χ3v) is 4.28. The summed E-state index contributed by atoms with van der Waals surface area (Å²) in [7, 11) is 3.45. The van der Waals surface area contributed by atoms with Gasteiger partial charge in [-0.3, -0.25) is 4.99 Å². The fourth-order valence-corrected chi connectivity index (χ4v) is 2.65. The maximum absolute atomic E-state index is 5.79. The number of hydrogen-bond acceptors (Lipinski definition) is 4. The van der Waals surface area contributed by atoms with E-state index < -0.39 is 0 Å². The van der Waals surface area contributed by atoms with Gasteiger partial charge < -0.3 is 24.8 Å². The van der Waals surface area contributed by atoms with Crippen molar-refractivity contribution in [1.29, 1.82) is 0 Å². The predicted octanol–water partition coefficient (Wildman–Crippen LogP) is 3.74. The van der Waals surface area contributed by atoms with Crippen LogP contribution in [0.2, 0.25) is 0 Å². The van der Waals surface area contributed by atoms with Crippen LogP contribution >= 0.6 is 24.0 Å². The molecular formula is C23H34IN3O3. The summed E-state index contributed by atoms with van der Waals surface area (Å²) < 4.78 is 16.2. The Bertz CT molecular complexity index is 697. The van der Waals surface area contributed by atoms with Gasteiger partial charge in [0.15, 0.2) is 5.96 Å². The van der Waals surface area contributed by atoms with Crippen LogP contribution in [0.5, 0.6) is 0 Å². The van der Waals surface area contributed by atoms with Crippen LogP contribution in [0.15, 0.2) is 59.6 Å². The molecule has 0 aromatic heterocycles. The minimum Gasteiger partial charge on any atom is -0.382 e. The fraction of sp³-hybridized carbons (Fsp3) is 0.435. The van der Waals surface area contributed by atoms with Gasteiger partial charge in [0.2, 0.25) is 0 Å². The van der Waals surface area contributed by atoms with Gasteiger partial charge in [0.25, 0.3) is 0 Å². The number of nitrogens with zero attached hydrogens (tertiary/aromatic N) is 1. The summed E-state index contributed by atoms with van der Waals surface area (Å²) in [5, 5.41) is 6.62. The summed E-state index contributed by atoms with van der Waals surface area (Å²) in [5.41, 5.74) is 3.55. The number of rotatable bonds is 13. The zero-order valence-electron chi connectivity index (χ0n) is 17.9. The van der Waals surface area contributed by atoms with Crippen LogP contribution in [0.1, 0.15) is 23.1 Å². The molecule has 0 atom stereocenters. The molecule has 0 aliphatic rings. The number of aliphatic imine (C=N–C) groups is 1. The van der Waals surface area contributed by atoms with Crippen molar-refractivity contribution in [2.45, 2.75) is 26.2 Å². The van der Waals surface area contributed by atoms with Crippen molar-refractivity contribution < 1.29 is 14.2 Å². The second-order valence-corrected chi connectivity index (χ2v) is 6.61. The first kappa shape index (κ1) is 26.4. The van der Waals surface area contributed by atoms with Gasteiger partial charge in [0, 0.05) is 33.9 Å². The average Bonchev–Trinajstić information content (AvgIpc) is 2.77. The number of hydrogen-bond donors (Lipinski definition) is 2. The molecule has 2 aromatic rings. The van der Waals surface area contributed by atoms with Gasteiger partial charge in [0.05, 0.1) is 26.4 Å². The van der Waals surface area contributed by atoms with Crippen molar-refractivity contribution in [3.05, 3.63) is 71.3 Å². The molecule has 7 heteroatoms. The predicted molar refractivity (Wildman–Crippen MR) is 132 cm³/mol. The first-order valence-corrected chi connectivity index (χ1v) is 10.0. The Hall–Kier alpha value is -1.68. The fourth-order valence-electron chi connectivity index (χ4n) is 2.65. The van der Waals surface area contributed by atoms with Crippen molar-refractivity contribution in [3.63, 3.8) is 0 Å². The van der Waals surface area contributed by atoms with Crippen molar-refractivity contribution in [3.8, 4) is 0 Å². The highest BCUT2D eigenvalue weighted by Gasteiger charge is 2.00. The Morgan fingerprint density at radius 2 is 1.47 bits per heavy atom. The molecule has 2 rings (SSSR count). The molecule has 0 spiro atoms. The summed E-state index contributed by atoms with van der Waals surface area (Å²) in [5.74, 6) is 0.789. The third kappa shape index (κ3) is 11.5. The number of ether oxygens (including phenoxy) is 3. The topological polar surface area (TPSA) is 64.1 Å². The molecule has 0 saturated heterocycles. The Labute approximate surface area is 197 Å². The first-order valence-electron chi connectivity index (χ1n) is 10.0. The van der Waals surface area contributed by atoms with Gasteiger partial charge in [-0.05, 0) is 23.1 Å². The Kier molecular flexibility index (Phi) is 15.0. The van der Waals surface area contributed by atoms with E-state index in [2.05, 4.69) is 52.0 Å². The normalized spacial score (nSPS) is 11.1. The number of guanidine groups is 1. The maximum atomic E-state index is 5.79. The lowest BCUT2D eigenvalue weighted by atomic mass is 10.1. The van der Waals surface area contributed by atoms with Crippen LogP contribution in [0.3, 0.4) is 0 Å². The molecule has 0 heterocycles. The zero-order valence-corrected chi connectivity index (χ0v) is 20.3. The second-order valence-electron chi connectivity index (χ2n) is 6.61. The SMILES string of the molecule is CN=C(NCCCOCCOC)NCc1ccc(COCc2ccccc2)cc1.I. The lowest BCUT2D eigenvalue weighted by Crippen LogP contribution is -2.37. The van der Waals surface area contributed by atoms with Crippen LogP contribution in [0, 0.1) is 0 Å². The zero-order chi connectivity index (χ0) is 20.6. The van der Waals surface area contributed by atoms with Crippen LogP contribution in [0.25, 0.3) is 0 Å². The third-order valence-electron chi connectivity index (χ3n) is 4.28. The minimum atomic E-state index is 0. The molecule has 30 heavy (non-hydrogen) atoms. The van der Waals surface area contributed by atoms with E-state index in [0.29, 0.717) is 33.0 Å². The molecule has 2 N–H and O–H groups in total. The van der Waals surface area contributed by atoms with Gasteiger partial charge in [-0.2, -0.15) is 0 Å². The summed E-state index contributed by atoms with van der Waals surface area (Å²) in [6, 6.07) is 18.7. The Balaban J connectivity index is 0.00000450. The highest BCUT2D eigenvalue weighted by Crippen LogP contribution is 2.08. The summed E-state index contributed by atoms with van der Waals surface area (Å²) in [6.45, 7) is 4.74. The van der Waals surface area contributed by atoms with E-state index in [9.17, 15) is 0 Å². The highest BCUT2D eigenvalue weighted by molar-refractivity contribution is 14.0. The number of nitrogens with one attached hydrogen (secondary N) is 2. The molecule has 0 saturated carbocycles. The number of benzene rings is 2. The number of halogens is 1. The molecule has 0 amide bonds. The van der Waals surface area contributed by atoms with Gasteiger partial charge >= 0.3 is 0 Å². The van der Waals surface area contributed by atoms with Crippen LogP contribution in [0.4, 0.5) is 0 Å². The summed E-state index contributed by atoms with van der Waals surface area (Å²) >= 11 is 0. The van der Waals surface area contributed by atoms with Crippen molar-refractivity contribution in [2.24, 2.45) is 4.99 Å². The van der Waals surface area contributed by atoms with Crippen molar-refractivity contribution in [2.75, 3.05) is 40.5 Å². The smallest absolute Gasteiger partial charge is 0.191 e. The van der Waals surface area contributed by atoms with E-state index in [4.69, 9.17) is 14.2 Å². The lowest BCUT2D eigenvalue weighted by Gasteiger charge is -2.12. The van der Waals surface area contributed by atoms with Crippen molar-refractivity contribution >= 4 is 29.9 Å². The lowest BCUT2D eigenvalue weighted by molar-refractivity contribution is 0.0698. The maximum Gasteiger partial charge on any atom is 0.191 e. The standard InChI is InChI=1S/C23H33N3O3.HI/c1-24-23(25-13-6-14-28-16-15-27-2)26-17-20-9-11-22(12-10-20)19-29-18-21-7-4-3-5-8-21;/h3-5,7-12H,6,13-19H2,1-2H3,(H2,24,25,26);1H. The van der Waals surface area contributed by atoms with E-state index in [1.807, 2.05) is 18.2 Å². The van der Waals surface area contributed by atoms with Gasteiger partial charge in [0.1, 0.15) is 0 Å². The van der Waals surface area contributed by atoms with Crippen LogP contribution in [-0.4, -0.2) is 46.5 Å². The molecule has 6 nitrogen and oxygen atoms in total. The van der Waals surface area contributed by atoms with E-state index in [0.717, 1.165) is 25.5 Å². The largest absolute Gasteiger partial charge is 0.382 e. The Morgan fingerprint density at radius 3 is 2.13 bits per heavy atom. The highest BCUT2D eigenvalue weighted by atomic mass is 127. The van der Waals surface area contributed by atoms with Gasteiger partial charge in [-0.25, -0.2) is 0 Å². The van der Waals surface area contributed by atoms with E-state index in [-0.39, 0.29) is 24.0 Å². The van der Waals surface area contributed by atoms with E-state index >= 15 is 0 Å². The average molecular weight is 527 g/mol. The second kappa shape index (κ2) is 17.0. The molecule has 166 valence electrons. The quantitative estimate of drug-likeness (QED) is 0.180. The van der Waals surface area contributed by atoms with Gasteiger partial charge in [-0.15, -0.1) is 24.0 Å². The van der Waals surface area contributed by atoms with Crippen molar-refractivity contribution in [1.82, 2.24) is 10.6 Å².